The van der Waals surface area contributed by atoms with Gasteiger partial charge in [0.1, 0.15) is 5.54 Å². The minimum Gasteiger partial charge on any atom is -0.465 e. The van der Waals surface area contributed by atoms with Crippen LogP contribution in [-0.4, -0.2) is 55.1 Å². The molecule has 1 saturated heterocycles. The van der Waals surface area contributed by atoms with Gasteiger partial charge >= 0.3 is 12.3 Å². The fraction of sp³-hybridized carbons (Fsp3) is 0.391. The van der Waals surface area contributed by atoms with E-state index in [1.54, 1.807) is 30.3 Å². The van der Waals surface area contributed by atoms with Crippen LogP contribution in [0.5, 0.6) is 0 Å². The van der Waals surface area contributed by atoms with Crippen molar-refractivity contribution in [3.63, 3.8) is 0 Å². The third-order valence-corrected chi connectivity index (χ3v) is 7.32. The molecule has 0 unspecified atom stereocenters. The van der Waals surface area contributed by atoms with Crippen molar-refractivity contribution in [1.29, 1.82) is 0 Å². The monoisotopic (exact) mass is 513 g/mol. The Kier molecular flexibility index (Phi) is 7.46. The third-order valence-electron chi connectivity index (χ3n) is 5.74. The molecule has 35 heavy (non-hydrogen) atoms. The fourth-order valence-electron chi connectivity index (χ4n) is 4.00. The first-order valence-corrected chi connectivity index (χ1v) is 12.3. The standard InChI is InChI=1S/C23H26F3N3O5S/c1-22(2,27-21(31)32)20(30)29-12-10-17(11-13-29)28-35(33,34)19-9-8-16(14-18(19)23(24,25)26)15-6-4-3-5-7-15/h3-9,14,17,27-28H,10-13H2,1-2H3,(H,31,32). The number of likely N-dealkylation sites (tertiary alicyclic amines) is 1. The number of nitrogens with zero attached hydrogens (tertiary/aromatic N) is 1. The van der Waals surface area contributed by atoms with Crippen molar-refractivity contribution >= 4 is 22.0 Å². The fourth-order valence-corrected chi connectivity index (χ4v) is 5.51. The smallest absolute Gasteiger partial charge is 0.417 e. The summed E-state index contributed by atoms with van der Waals surface area (Å²) in [7, 11) is -4.52. The maximum atomic E-state index is 13.8. The quantitative estimate of drug-likeness (QED) is 0.545. The zero-order valence-electron chi connectivity index (χ0n) is 19.1. The zero-order valence-corrected chi connectivity index (χ0v) is 19.9. The van der Waals surface area contributed by atoms with Crippen LogP contribution in [0.1, 0.15) is 32.3 Å². The Morgan fingerprint density at radius 3 is 2.14 bits per heavy atom. The number of carbonyl (C=O) groups is 2. The van der Waals surface area contributed by atoms with Crippen LogP contribution in [0, 0.1) is 0 Å². The largest absolute Gasteiger partial charge is 0.465 e. The van der Waals surface area contributed by atoms with E-state index in [4.69, 9.17) is 5.11 Å². The van der Waals surface area contributed by atoms with Gasteiger partial charge in [-0.25, -0.2) is 17.9 Å². The minimum atomic E-state index is -4.90. The number of rotatable bonds is 6. The van der Waals surface area contributed by atoms with Gasteiger partial charge in [-0.15, -0.1) is 0 Å². The topological polar surface area (TPSA) is 116 Å². The lowest BCUT2D eigenvalue weighted by Gasteiger charge is -2.37. The van der Waals surface area contributed by atoms with E-state index in [2.05, 4.69) is 10.0 Å². The molecular weight excluding hydrogens is 487 g/mol. The highest BCUT2D eigenvalue weighted by molar-refractivity contribution is 7.89. The minimum absolute atomic E-state index is 0.121. The highest BCUT2D eigenvalue weighted by Crippen LogP contribution is 2.37. The molecule has 190 valence electrons. The molecule has 2 aromatic carbocycles. The van der Waals surface area contributed by atoms with Crippen molar-refractivity contribution < 1.29 is 36.3 Å². The molecule has 2 amide bonds. The van der Waals surface area contributed by atoms with Crippen molar-refractivity contribution in [1.82, 2.24) is 14.9 Å². The van der Waals surface area contributed by atoms with Gasteiger partial charge in [0.05, 0.1) is 10.5 Å². The molecule has 3 N–H and O–H groups in total. The van der Waals surface area contributed by atoms with Crippen molar-refractivity contribution in [3.05, 3.63) is 54.1 Å². The molecule has 1 aliphatic heterocycles. The number of alkyl halides is 3. The normalized spacial score (nSPS) is 15.6. The van der Waals surface area contributed by atoms with Gasteiger partial charge in [-0.2, -0.15) is 13.2 Å². The van der Waals surface area contributed by atoms with Crippen LogP contribution in [-0.2, 0) is 21.0 Å². The first kappa shape index (κ1) is 26.5. The zero-order chi connectivity index (χ0) is 26.0. The summed E-state index contributed by atoms with van der Waals surface area (Å²) in [4.78, 5) is 24.0. The maximum absolute atomic E-state index is 13.8. The van der Waals surface area contributed by atoms with Crippen LogP contribution in [0.2, 0.25) is 0 Å². The molecule has 0 spiro atoms. The molecule has 8 nitrogen and oxygen atoms in total. The molecule has 0 bridgehead atoms. The first-order chi connectivity index (χ1) is 16.2. The van der Waals surface area contributed by atoms with Crippen LogP contribution in [0.25, 0.3) is 11.1 Å². The van der Waals surface area contributed by atoms with Gasteiger partial charge in [-0.05, 0) is 49.9 Å². The van der Waals surface area contributed by atoms with Gasteiger partial charge in [0.25, 0.3) is 0 Å². The molecule has 1 heterocycles. The van der Waals surface area contributed by atoms with Gasteiger partial charge in [0.2, 0.25) is 15.9 Å². The number of amides is 2. The molecule has 0 atom stereocenters. The summed E-state index contributed by atoms with van der Waals surface area (Å²) >= 11 is 0. The van der Waals surface area contributed by atoms with Gasteiger partial charge in [-0.1, -0.05) is 36.4 Å². The molecular formula is C23H26F3N3O5S. The summed E-state index contributed by atoms with van der Waals surface area (Å²) in [5.74, 6) is -0.475. The summed E-state index contributed by atoms with van der Waals surface area (Å²) in [6.45, 7) is 3.07. The Morgan fingerprint density at radius 2 is 1.60 bits per heavy atom. The Labute approximate surface area is 201 Å². The van der Waals surface area contributed by atoms with Crippen LogP contribution in [0.15, 0.2) is 53.4 Å². The second-order valence-corrected chi connectivity index (χ2v) is 10.5. The van der Waals surface area contributed by atoms with E-state index in [-0.39, 0.29) is 31.5 Å². The van der Waals surface area contributed by atoms with E-state index >= 15 is 0 Å². The lowest BCUT2D eigenvalue weighted by Crippen LogP contribution is -2.58. The van der Waals surface area contributed by atoms with Gasteiger partial charge in [-0.3, -0.25) is 4.79 Å². The van der Waals surface area contributed by atoms with Crippen LogP contribution >= 0.6 is 0 Å². The second kappa shape index (κ2) is 9.86. The molecule has 12 heteroatoms. The average Bonchev–Trinajstić information content (AvgIpc) is 2.77. The molecule has 0 radical (unpaired) electrons. The van der Waals surface area contributed by atoms with E-state index in [0.29, 0.717) is 5.56 Å². The molecule has 0 aromatic heterocycles. The summed E-state index contributed by atoms with van der Waals surface area (Å²) in [5, 5.41) is 11.0. The van der Waals surface area contributed by atoms with Gasteiger partial charge in [0, 0.05) is 19.1 Å². The molecule has 2 aromatic rings. The van der Waals surface area contributed by atoms with Crippen molar-refractivity contribution in [3.8, 4) is 11.1 Å². The molecule has 1 fully saturated rings. The van der Waals surface area contributed by atoms with Crippen molar-refractivity contribution in [2.45, 2.75) is 49.3 Å². The van der Waals surface area contributed by atoms with E-state index in [1.165, 1.54) is 24.8 Å². The third kappa shape index (κ3) is 6.31. The summed E-state index contributed by atoms with van der Waals surface area (Å²) in [6.07, 6.45) is -5.92. The number of piperidine rings is 1. The highest BCUT2D eigenvalue weighted by Gasteiger charge is 2.39. The van der Waals surface area contributed by atoms with Gasteiger partial charge in [0.15, 0.2) is 0 Å². The molecule has 0 saturated carbocycles. The van der Waals surface area contributed by atoms with E-state index < -0.39 is 50.2 Å². The Balaban J connectivity index is 1.76. The predicted molar refractivity (Wildman–Crippen MR) is 122 cm³/mol. The Morgan fingerprint density at radius 1 is 1.00 bits per heavy atom. The van der Waals surface area contributed by atoms with E-state index in [9.17, 15) is 31.2 Å². The predicted octanol–water partition coefficient (Wildman–Crippen LogP) is 3.69. The number of nitrogens with one attached hydrogen (secondary N) is 2. The van der Waals surface area contributed by atoms with Crippen LogP contribution in [0.3, 0.4) is 0 Å². The van der Waals surface area contributed by atoms with Crippen molar-refractivity contribution in [2.75, 3.05) is 13.1 Å². The molecule has 0 aliphatic carbocycles. The second-order valence-electron chi connectivity index (χ2n) is 8.82. The number of benzene rings is 2. The number of halogens is 3. The highest BCUT2D eigenvalue weighted by atomic mass is 32.2. The summed E-state index contributed by atoms with van der Waals surface area (Å²) in [6, 6.07) is 10.7. The maximum Gasteiger partial charge on any atom is 0.417 e. The Hall–Kier alpha value is -3.12. The number of carbonyl (C=O) groups excluding carboxylic acids is 1. The lowest BCUT2D eigenvalue weighted by molar-refractivity contribution is -0.140. The van der Waals surface area contributed by atoms with Crippen LogP contribution in [0.4, 0.5) is 18.0 Å². The summed E-state index contributed by atoms with van der Waals surface area (Å²) < 4.78 is 69.7. The van der Waals surface area contributed by atoms with E-state index in [0.717, 1.165) is 12.1 Å². The SMILES string of the molecule is CC(C)(NC(=O)O)C(=O)N1CCC(NS(=O)(=O)c2ccc(-c3ccccc3)cc2C(F)(F)F)CC1. The number of hydrogen-bond donors (Lipinski definition) is 3. The lowest BCUT2D eigenvalue weighted by atomic mass is 10.00. The average molecular weight is 514 g/mol. The number of hydrogen-bond acceptors (Lipinski definition) is 4. The first-order valence-electron chi connectivity index (χ1n) is 10.8. The Bertz CT molecular complexity index is 1190. The van der Waals surface area contributed by atoms with Crippen molar-refractivity contribution in [2.24, 2.45) is 0 Å². The van der Waals surface area contributed by atoms with E-state index in [1.807, 2.05) is 0 Å². The van der Waals surface area contributed by atoms with Gasteiger partial charge < -0.3 is 15.3 Å². The number of sulfonamides is 1. The molecule has 1 aliphatic rings. The number of carboxylic acid groups (broad SMARTS) is 1. The summed E-state index contributed by atoms with van der Waals surface area (Å²) in [5.41, 5.74) is -1.88. The van der Waals surface area contributed by atoms with Crippen LogP contribution < -0.4 is 10.0 Å². The molecule has 3 rings (SSSR count).